The van der Waals surface area contributed by atoms with E-state index in [-0.39, 0.29) is 0 Å². The number of rotatable bonds is 2. The van der Waals surface area contributed by atoms with Crippen LogP contribution in [0.4, 0.5) is 0 Å². The maximum atomic E-state index is 5.98. The molecule has 108 valence electrons. The number of halogens is 2. The Kier molecular flexibility index (Phi) is 3.36. The average molecular weight is 327 g/mol. The van der Waals surface area contributed by atoms with Gasteiger partial charge in [-0.1, -0.05) is 35.3 Å². The van der Waals surface area contributed by atoms with Crippen molar-refractivity contribution in [1.82, 2.24) is 9.97 Å². The van der Waals surface area contributed by atoms with Crippen LogP contribution in [-0.4, -0.2) is 9.97 Å². The zero-order valence-corrected chi connectivity index (χ0v) is 13.2. The van der Waals surface area contributed by atoms with Crippen molar-refractivity contribution >= 4 is 23.2 Å². The third-order valence-corrected chi connectivity index (χ3v) is 4.43. The molecule has 0 fully saturated rings. The number of aryl methyl sites for hydroxylation is 1. The number of hydrogen-bond acceptors (Lipinski definition) is 2. The van der Waals surface area contributed by atoms with E-state index in [2.05, 4.69) is 4.98 Å². The highest BCUT2D eigenvalue weighted by Gasteiger charge is 2.23. The molecule has 22 heavy (non-hydrogen) atoms. The van der Waals surface area contributed by atoms with Crippen LogP contribution < -0.4 is 0 Å². The van der Waals surface area contributed by atoms with Gasteiger partial charge in [-0.25, -0.2) is 9.97 Å². The molecular weight excluding hydrogens is 315 g/mol. The molecule has 0 N–H and O–H groups in total. The molecule has 0 bridgehead atoms. The molecule has 0 saturated heterocycles. The molecule has 4 heteroatoms. The van der Waals surface area contributed by atoms with E-state index in [1.165, 1.54) is 5.56 Å². The topological polar surface area (TPSA) is 25.8 Å². The minimum absolute atomic E-state index is 0.714. The first-order valence-electron chi connectivity index (χ1n) is 7.12. The van der Waals surface area contributed by atoms with Gasteiger partial charge in [-0.05, 0) is 49.2 Å². The lowest BCUT2D eigenvalue weighted by Gasteiger charge is -2.22. The van der Waals surface area contributed by atoms with Crippen LogP contribution in [0.3, 0.4) is 0 Å². The molecule has 2 nitrogen and oxygen atoms in total. The minimum Gasteiger partial charge on any atom is -0.233 e. The maximum Gasteiger partial charge on any atom is 0.160 e. The summed E-state index contributed by atoms with van der Waals surface area (Å²) in [6.07, 6.45) is 2.05. The number of fused-ring (bicyclic) bond motifs is 1. The quantitative estimate of drug-likeness (QED) is 0.645. The van der Waals surface area contributed by atoms with Gasteiger partial charge >= 0.3 is 0 Å². The van der Waals surface area contributed by atoms with Gasteiger partial charge in [-0.15, -0.1) is 0 Å². The first-order chi connectivity index (χ1) is 10.7. The molecule has 0 radical (unpaired) electrons. The van der Waals surface area contributed by atoms with Gasteiger partial charge < -0.3 is 0 Å². The van der Waals surface area contributed by atoms with E-state index in [0.29, 0.717) is 5.02 Å². The molecule has 0 spiro atoms. The van der Waals surface area contributed by atoms with Gasteiger partial charge in [0.15, 0.2) is 5.82 Å². The lowest BCUT2D eigenvalue weighted by Crippen LogP contribution is -2.15. The summed E-state index contributed by atoms with van der Waals surface area (Å²) < 4.78 is 0. The van der Waals surface area contributed by atoms with Crippen molar-refractivity contribution in [2.24, 2.45) is 0 Å². The van der Waals surface area contributed by atoms with Crippen molar-refractivity contribution in [3.05, 3.63) is 69.8 Å². The summed E-state index contributed by atoms with van der Waals surface area (Å²) in [6, 6.07) is 15.4. The fraction of sp³-hybridized carbons (Fsp3) is 0.111. The highest BCUT2D eigenvalue weighted by Crippen LogP contribution is 2.33. The molecule has 2 aromatic carbocycles. The number of benzene rings is 2. The molecule has 0 atom stereocenters. The normalized spacial score (nSPS) is 12.6. The van der Waals surface area contributed by atoms with Crippen LogP contribution in [0.2, 0.25) is 10.0 Å². The van der Waals surface area contributed by atoms with Crippen LogP contribution in [0.1, 0.15) is 11.3 Å². The molecule has 1 aliphatic rings. The van der Waals surface area contributed by atoms with E-state index in [1.807, 2.05) is 48.5 Å². The Morgan fingerprint density at radius 3 is 1.82 bits per heavy atom. The Hall–Kier alpha value is -1.90. The maximum absolute atomic E-state index is 5.98. The number of aromatic nitrogens is 2. The lowest BCUT2D eigenvalue weighted by atomic mass is 9.89. The van der Waals surface area contributed by atoms with E-state index >= 15 is 0 Å². The van der Waals surface area contributed by atoms with Crippen LogP contribution in [0, 0.1) is 0 Å². The second kappa shape index (κ2) is 5.38. The van der Waals surface area contributed by atoms with Crippen molar-refractivity contribution in [1.29, 1.82) is 0 Å². The molecule has 1 heterocycles. The summed E-state index contributed by atoms with van der Waals surface area (Å²) in [7, 11) is 0. The van der Waals surface area contributed by atoms with E-state index < -0.39 is 0 Å². The molecule has 0 amide bonds. The van der Waals surface area contributed by atoms with Crippen molar-refractivity contribution in [2.75, 3.05) is 0 Å². The second-order valence-corrected chi connectivity index (χ2v) is 6.21. The summed E-state index contributed by atoms with van der Waals surface area (Å²) >= 11 is 11.9. The van der Waals surface area contributed by atoms with Crippen LogP contribution in [0.15, 0.2) is 48.5 Å². The van der Waals surface area contributed by atoms with Crippen molar-refractivity contribution in [3.63, 3.8) is 0 Å². The highest BCUT2D eigenvalue weighted by molar-refractivity contribution is 6.30. The molecule has 0 unspecified atom stereocenters. The Morgan fingerprint density at radius 1 is 0.682 bits per heavy atom. The standard InChI is InChI=1S/C18H12Cl2N2/c19-13-5-1-11(2-6-13)17-15-9-10-16(15)21-18(22-17)12-3-7-14(20)8-4-12/h1-8H,9-10H2. The van der Waals surface area contributed by atoms with Crippen molar-refractivity contribution in [2.45, 2.75) is 12.8 Å². The Bertz CT molecular complexity index is 840. The van der Waals surface area contributed by atoms with Crippen molar-refractivity contribution in [3.8, 4) is 22.6 Å². The van der Waals surface area contributed by atoms with E-state index in [9.17, 15) is 0 Å². The van der Waals surface area contributed by atoms with Gasteiger partial charge in [-0.3, -0.25) is 0 Å². The summed E-state index contributed by atoms with van der Waals surface area (Å²) in [4.78, 5) is 9.47. The van der Waals surface area contributed by atoms with E-state index in [4.69, 9.17) is 28.2 Å². The van der Waals surface area contributed by atoms with E-state index in [1.54, 1.807) is 0 Å². The third kappa shape index (κ3) is 2.39. The fourth-order valence-corrected chi connectivity index (χ4v) is 2.89. The lowest BCUT2D eigenvalue weighted by molar-refractivity contribution is 0.779. The van der Waals surface area contributed by atoms with Crippen molar-refractivity contribution < 1.29 is 0 Å². The van der Waals surface area contributed by atoms with E-state index in [0.717, 1.165) is 46.2 Å². The van der Waals surface area contributed by atoms with Crippen LogP contribution >= 0.6 is 23.2 Å². The van der Waals surface area contributed by atoms with Gasteiger partial charge in [0.2, 0.25) is 0 Å². The van der Waals surface area contributed by atoms with Gasteiger partial charge in [0.25, 0.3) is 0 Å². The van der Waals surface area contributed by atoms with Gasteiger partial charge in [0.05, 0.1) is 5.69 Å². The summed E-state index contributed by atoms with van der Waals surface area (Å²) in [6.45, 7) is 0. The highest BCUT2D eigenvalue weighted by atomic mass is 35.5. The van der Waals surface area contributed by atoms with Crippen LogP contribution in [0.25, 0.3) is 22.6 Å². The average Bonchev–Trinajstić information content (AvgIpc) is 2.50. The zero-order chi connectivity index (χ0) is 15.1. The number of nitrogens with zero attached hydrogens (tertiary/aromatic N) is 2. The summed E-state index contributed by atoms with van der Waals surface area (Å²) in [5, 5.41) is 1.44. The smallest absolute Gasteiger partial charge is 0.160 e. The second-order valence-electron chi connectivity index (χ2n) is 5.33. The first-order valence-corrected chi connectivity index (χ1v) is 7.88. The first kappa shape index (κ1) is 13.7. The Morgan fingerprint density at radius 2 is 1.27 bits per heavy atom. The summed E-state index contributed by atoms with van der Waals surface area (Å²) in [5.41, 5.74) is 5.47. The summed E-state index contributed by atoms with van der Waals surface area (Å²) in [5.74, 6) is 0.750. The molecule has 1 aromatic heterocycles. The molecular formula is C18H12Cl2N2. The SMILES string of the molecule is Clc1ccc(-c2nc3c(c(-c4ccc(Cl)cc4)n2)CC3)cc1. The molecule has 3 aromatic rings. The molecule has 1 aliphatic carbocycles. The minimum atomic E-state index is 0.714. The molecule has 4 rings (SSSR count). The van der Waals surface area contributed by atoms with Crippen LogP contribution in [0.5, 0.6) is 0 Å². The third-order valence-electron chi connectivity index (χ3n) is 3.92. The molecule has 0 saturated carbocycles. The predicted molar refractivity (Wildman–Crippen MR) is 90.3 cm³/mol. The monoisotopic (exact) mass is 326 g/mol. The Balaban J connectivity index is 1.85. The van der Waals surface area contributed by atoms with Gasteiger partial charge in [-0.2, -0.15) is 0 Å². The Labute approximate surface area is 138 Å². The van der Waals surface area contributed by atoms with Gasteiger partial charge in [0.1, 0.15) is 0 Å². The van der Waals surface area contributed by atoms with Gasteiger partial charge in [0, 0.05) is 32.4 Å². The van der Waals surface area contributed by atoms with Crippen LogP contribution in [-0.2, 0) is 12.8 Å². The zero-order valence-electron chi connectivity index (χ0n) is 11.7. The predicted octanol–water partition coefficient (Wildman–Crippen LogP) is 5.22. The largest absolute Gasteiger partial charge is 0.233 e. The number of hydrogen-bond donors (Lipinski definition) is 0. The fourth-order valence-electron chi connectivity index (χ4n) is 2.64. The molecule has 0 aliphatic heterocycles.